The fraction of sp³-hybridized carbons (Fsp3) is 0.500. The summed E-state index contributed by atoms with van der Waals surface area (Å²) in [6, 6.07) is 5.62. The van der Waals surface area contributed by atoms with Crippen LogP contribution in [0.3, 0.4) is 0 Å². The summed E-state index contributed by atoms with van der Waals surface area (Å²) < 4.78 is 0. The van der Waals surface area contributed by atoms with Crippen molar-refractivity contribution in [1.82, 2.24) is 4.90 Å². The number of rotatable bonds is 3. The van der Waals surface area contributed by atoms with Gasteiger partial charge in [-0.05, 0) is 36.6 Å². The van der Waals surface area contributed by atoms with E-state index in [-0.39, 0.29) is 11.9 Å². The number of anilines is 1. The standard InChI is InChI=1S/C14H20ClN3O/c1-17(2)14(19)13-4-3-7-18(13)12-6-5-11(15)8-10(12)9-16/h5-6,8,13H,3-4,7,9,16H2,1-2H3. The quantitative estimate of drug-likeness (QED) is 0.920. The zero-order valence-corrected chi connectivity index (χ0v) is 12.2. The van der Waals surface area contributed by atoms with Gasteiger partial charge >= 0.3 is 0 Å². The molecule has 1 atom stereocenters. The Morgan fingerprint density at radius 2 is 2.26 bits per heavy atom. The Hall–Kier alpha value is -1.26. The highest BCUT2D eigenvalue weighted by Crippen LogP contribution is 2.31. The molecule has 5 heteroatoms. The van der Waals surface area contributed by atoms with Gasteiger partial charge in [0.25, 0.3) is 0 Å². The number of carbonyl (C=O) groups excluding carboxylic acids is 1. The molecule has 0 aliphatic carbocycles. The topological polar surface area (TPSA) is 49.6 Å². The molecule has 2 rings (SSSR count). The van der Waals surface area contributed by atoms with Crippen LogP contribution in [0, 0.1) is 0 Å². The van der Waals surface area contributed by atoms with Crippen molar-refractivity contribution >= 4 is 23.2 Å². The van der Waals surface area contributed by atoms with Gasteiger partial charge in [-0.15, -0.1) is 0 Å². The Morgan fingerprint density at radius 3 is 2.89 bits per heavy atom. The van der Waals surface area contributed by atoms with E-state index in [1.807, 2.05) is 18.2 Å². The van der Waals surface area contributed by atoms with E-state index in [0.717, 1.165) is 30.6 Å². The van der Waals surface area contributed by atoms with E-state index >= 15 is 0 Å². The molecule has 2 N–H and O–H groups in total. The van der Waals surface area contributed by atoms with Crippen LogP contribution in [0.4, 0.5) is 5.69 Å². The van der Waals surface area contributed by atoms with Crippen LogP contribution in [-0.4, -0.2) is 37.5 Å². The third-order valence-corrected chi connectivity index (χ3v) is 3.78. The third kappa shape index (κ3) is 2.85. The number of hydrogen-bond donors (Lipinski definition) is 1. The van der Waals surface area contributed by atoms with Gasteiger partial charge in [0.05, 0.1) is 0 Å². The summed E-state index contributed by atoms with van der Waals surface area (Å²) in [5.41, 5.74) is 7.81. The summed E-state index contributed by atoms with van der Waals surface area (Å²) in [6.45, 7) is 1.31. The van der Waals surface area contributed by atoms with Crippen LogP contribution in [-0.2, 0) is 11.3 Å². The largest absolute Gasteiger partial charge is 0.359 e. The van der Waals surface area contributed by atoms with Crippen molar-refractivity contribution in [3.8, 4) is 0 Å². The number of benzene rings is 1. The summed E-state index contributed by atoms with van der Waals surface area (Å²) in [5.74, 6) is 0.149. The number of carbonyl (C=O) groups is 1. The molecule has 1 saturated heterocycles. The summed E-state index contributed by atoms with van der Waals surface area (Å²) in [5, 5.41) is 0.680. The molecule has 104 valence electrons. The van der Waals surface area contributed by atoms with Gasteiger partial charge in [0.1, 0.15) is 6.04 Å². The average molecular weight is 282 g/mol. The fourth-order valence-electron chi connectivity index (χ4n) is 2.61. The van der Waals surface area contributed by atoms with Crippen LogP contribution in [0.5, 0.6) is 0 Å². The minimum absolute atomic E-state index is 0.0820. The van der Waals surface area contributed by atoms with Crippen molar-refractivity contribution in [3.63, 3.8) is 0 Å². The van der Waals surface area contributed by atoms with Crippen LogP contribution in [0.25, 0.3) is 0 Å². The molecular weight excluding hydrogens is 262 g/mol. The highest BCUT2D eigenvalue weighted by Gasteiger charge is 2.32. The molecule has 4 nitrogen and oxygen atoms in total. The number of hydrogen-bond acceptors (Lipinski definition) is 3. The highest BCUT2D eigenvalue weighted by atomic mass is 35.5. The molecule has 19 heavy (non-hydrogen) atoms. The molecule has 1 aliphatic rings. The Bertz CT molecular complexity index is 476. The maximum Gasteiger partial charge on any atom is 0.244 e. The fourth-order valence-corrected chi connectivity index (χ4v) is 2.80. The van der Waals surface area contributed by atoms with Gasteiger partial charge < -0.3 is 15.5 Å². The van der Waals surface area contributed by atoms with Gasteiger partial charge in [-0.1, -0.05) is 11.6 Å². The Kier molecular flexibility index (Phi) is 4.32. The molecule has 0 radical (unpaired) electrons. The predicted molar refractivity (Wildman–Crippen MR) is 78.4 cm³/mol. The maximum absolute atomic E-state index is 12.2. The van der Waals surface area contributed by atoms with Gasteiger partial charge in [0.15, 0.2) is 0 Å². The predicted octanol–water partition coefficient (Wildman–Crippen LogP) is 1.86. The van der Waals surface area contributed by atoms with E-state index < -0.39 is 0 Å². The number of nitrogens with two attached hydrogens (primary N) is 1. The van der Waals surface area contributed by atoms with E-state index in [4.69, 9.17) is 17.3 Å². The van der Waals surface area contributed by atoms with Crippen LogP contribution in [0.2, 0.25) is 5.02 Å². The minimum atomic E-state index is -0.0820. The summed E-state index contributed by atoms with van der Waals surface area (Å²) in [7, 11) is 3.59. The SMILES string of the molecule is CN(C)C(=O)C1CCCN1c1ccc(Cl)cc1CN. The molecule has 0 aromatic heterocycles. The van der Waals surface area contributed by atoms with Gasteiger partial charge in [-0.2, -0.15) is 0 Å². The second kappa shape index (κ2) is 5.80. The second-order valence-corrected chi connectivity index (χ2v) is 5.50. The van der Waals surface area contributed by atoms with E-state index in [2.05, 4.69) is 4.90 Å². The molecule has 1 amide bonds. The molecule has 0 spiro atoms. The monoisotopic (exact) mass is 281 g/mol. The van der Waals surface area contributed by atoms with Crippen molar-refractivity contribution in [3.05, 3.63) is 28.8 Å². The molecule has 1 aromatic rings. The molecule has 1 aliphatic heterocycles. The lowest BCUT2D eigenvalue weighted by molar-refractivity contribution is -0.129. The molecule has 0 saturated carbocycles. The van der Waals surface area contributed by atoms with Crippen molar-refractivity contribution in [2.24, 2.45) is 5.73 Å². The first-order valence-corrected chi connectivity index (χ1v) is 6.88. The molecular formula is C14H20ClN3O. The van der Waals surface area contributed by atoms with Crippen molar-refractivity contribution < 1.29 is 4.79 Å². The number of likely N-dealkylation sites (N-methyl/N-ethyl adjacent to an activating group) is 1. The Balaban J connectivity index is 2.32. The van der Waals surface area contributed by atoms with Crippen molar-refractivity contribution in [2.75, 3.05) is 25.5 Å². The maximum atomic E-state index is 12.2. The smallest absolute Gasteiger partial charge is 0.244 e. The highest BCUT2D eigenvalue weighted by molar-refractivity contribution is 6.30. The third-order valence-electron chi connectivity index (χ3n) is 3.55. The normalized spacial score (nSPS) is 18.7. The first kappa shape index (κ1) is 14.2. The van der Waals surface area contributed by atoms with Crippen molar-refractivity contribution in [1.29, 1.82) is 0 Å². The van der Waals surface area contributed by atoms with Crippen LogP contribution < -0.4 is 10.6 Å². The van der Waals surface area contributed by atoms with E-state index in [0.29, 0.717) is 11.6 Å². The molecule has 1 unspecified atom stereocenters. The van der Waals surface area contributed by atoms with E-state index in [1.165, 1.54) is 0 Å². The van der Waals surface area contributed by atoms with Crippen LogP contribution in [0.1, 0.15) is 18.4 Å². The van der Waals surface area contributed by atoms with Gasteiger partial charge in [-0.25, -0.2) is 0 Å². The number of nitrogens with zero attached hydrogens (tertiary/aromatic N) is 2. The van der Waals surface area contributed by atoms with Crippen LogP contribution >= 0.6 is 11.6 Å². The van der Waals surface area contributed by atoms with Gasteiger partial charge in [-0.3, -0.25) is 4.79 Å². The average Bonchev–Trinajstić information content (AvgIpc) is 2.86. The lowest BCUT2D eigenvalue weighted by Crippen LogP contribution is -2.43. The lowest BCUT2D eigenvalue weighted by Gasteiger charge is -2.29. The summed E-state index contributed by atoms with van der Waals surface area (Å²) in [6.07, 6.45) is 1.92. The van der Waals surface area contributed by atoms with E-state index in [1.54, 1.807) is 19.0 Å². The Labute approximate surface area is 119 Å². The molecule has 1 aromatic carbocycles. The molecule has 0 bridgehead atoms. The summed E-state index contributed by atoms with van der Waals surface area (Å²) in [4.78, 5) is 16.0. The number of halogens is 1. The van der Waals surface area contributed by atoms with Crippen LogP contribution in [0.15, 0.2) is 18.2 Å². The second-order valence-electron chi connectivity index (χ2n) is 5.06. The zero-order valence-electron chi connectivity index (χ0n) is 11.4. The molecule has 1 fully saturated rings. The van der Waals surface area contributed by atoms with Gasteiger partial charge in [0, 0.05) is 37.9 Å². The molecule has 1 heterocycles. The first-order valence-electron chi connectivity index (χ1n) is 6.51. The Morgan fingerprint density at radius 1 is 1.53 bits per heavy atom. The number of amides is 1. The lowest BCUT2D eigenvalue weighted by atomic mass is 10.1. The van der Waals surface area contributed by atoms with Crippen molar-refractivity contribution in [2.45, 2.75) is 25.4 Å². The van der Waals surface area contributed by atoms with Gasteiger partial charge in [0.2, 0.25) is 5.91 Å². The first-order chi connectivity index (χ1) is 9.04. The van der Waals surface area contributed by atoms with E-state index in [9.17, 15) is 4.79 Å². The summed E-state index contributed by atoms with van der Waals surface area (Å²) >= 11 is 6.00. The minimum Gasteiger partial charge on any atom is -0.359 e. The zero-order chi connectivity index (χ0) is 14.0.